The maximum atomic E-state index is 2.63. The fraction of sp³-hybridized carbons (Fsp3) is 1.00. The minimum Gasteiger partial charge on any atom is -0.301 e. The first-order valence-corrected chi connectivity index (χ1v) is 5.05. The van der Waals surface area contributed by atoms with Gasteiger partial charge in [-0.05, 0) is 45.7 Å². The molecule has 1 heteroatoms. The van der Waals surface area contributed by atoms with E-state index in [-0.39, 0.29) is 0 Å². The Bertz CT molecular complexity index is 138. The van der Waals surface area contributed by atoms with Crippen molar-refractivity contribution in [1.29, 1.82) is 0 Å². The molecule has 0 unspecified atom stereocenters. The van der Waals surface area contributed by atoms with Gasteiger partial charge >= 0.3 is 0 Å². The maximum Gasteiger partial charge on any atom is 0.0206 e. The molecule has 1 nitrogen and oxygen atoms in total. The summed E-state index contributed by atoms with van der Waals surface area (Å²) in [5, 5.41) is 0. The standard InChI is InChI=1S/C10H19N/c1-11-9-4-2-3-6-10(11)7-5-8-10/h2-9H2,1H3. The van der Waals surface area contributed by atoms with Gasteiger partial charge in [-0.1, -0.05) is 12.8 Å². The average molecular weight is 153 g/mol. The molecule has 0 amide bonds. The molecule has 2 fully saturated rings. The monoisotopic (exact) mass is 153 g/mol. The quantitative estimate of drug-likeness (QED) is 0.516. The molecule has 1 saturated carbocycles. The van der Waals surface area contributed by atoms with Crippen LogP contribution in [0.15, 0.2) is 0 Å². The first-order valence-electron chi connectivity index (χ1n) is 5.05. The van der Waals surface area contributed by atoms with E-state index in [9.17, 15) is 0 Å². The summed E-state index contributed by atoms with van der Waals surface area (Å²) in [6, 6.07) is 0. The summed E-state index contributed by atoms with van der Waals surface area (Å²) in [6.07, 6.45) is 10.3. The zero-order chi connectivity index (χ0) is 7.73. The van der Waals surface area contributed by atoms with Crippen molar-refractivity contribution in [2.24, 2.45) is 0 Å². The number of nitrogens with zero attached hydrogens (tertiary/aromatic N) is 1. The normalized spacial score (nSPS) is 31.4. The van der Waals surface area contributed by atoms with Gasteiger partial charge in [-0.2, -0.15) is 0 Å². The number of hydrogen-bond acceptors (Lipinski definition) is 1. The molecule has 64 valence electrons. The third-order valence-electron chi connectivity index (χ3n) is 3.73. The van der Waals surface area contributed by atoms with Crippen LogP contribution in [-0.4, -0.2) is 24.0 Å². The summed E-state index contributed by atoms with van der Waals surface area (Å²) in [7, 11) is 2.32. The molecular formula is C10H19N. The van der Waals surface area contributed by atoms with E-state index in [0.29, 0.717) is 5.54 Å². The van der Waals surface area contributed by atoms with Gasteiger partial charge in [0.2, 0.25) is 0 Å². The van der Waals surface area contributed by atoms with Crippen molar-refractivity contribution in [3.63, 3.8) is 0 Å². The SMILES string of the molecule is CN1CCCCCC12CCC2. The highest BCUT2D eigenvalue weighted by atomic mass is 15.2. The Morgan fingerprint density at radius 2 is 1.64 bits per heavy atom. The summed E-state index contributed by atoms with van der Waals surface area (Å²) < 4.78 is 0. The second kappa shape index (κ2) is 2.78. The van der Waals surface area contributed by atoms with Crippen molar-refractivity contribution in [3.05, 3.63) is 0 Å². The van der Waals surface area contributed by atoms with Gasteiger partial charge in [-0.15, -0.1) is 0 Å². The molecule has 0 radical (unpaired) electrons. The van der Waals surface area contributed by atoms with Crippen molar-refractivity contribution >= 4 is 0 Å². The Morgan fingerprint density at radius 1 is 0.909 bits per heavy atom. The highest BCUT2D eigenvalue weighted by Gasteiger charge is 2.40. The van der Waals surface area contributed by atoms with Crippen molar-refractivity contribution in [2.45, 2.75) is 50.5 Å². The molecular weight excluding hydrogens is 134 g/mol. The highest BCUT2D eigenvalue weighted by molar-refractivity contribution is 4.97. The van der Waals surface area contributed by atoms with Gasteiger partial charge < -0.3 is 4.90 Å². The van der Waals surface area contributed by atoms with E-state index in [0.717, 1.165) is 0 Å². The Kier molecular flexibility index (Phi) is 1.92. The van der Waals surface area contributed by atoms with Crippen LogP contribution < -0.4 is 0 Å². The lowest BCUT2D eigenvalue weighted by atomic mass is 9.73. The van der Waals surface area contributed by atoms with Gasteiger partial charge in [0, 0.05) is 5.54 Å². The van der Waals surface area contributed by atoms with E-state index in [1.54, 1.807) is 0 Å². The molecule has 1 aliphatic carbocycles. The van der Waals surface area contributed by atoms with E-state index >= 15 is 0 Å². The predicted molar refractivity (Wildman–Crippen MR) is 47.7 cm³/mol. The molecule has 1 heterocycles. The Labute approximate surface area is 69.8 Å². The minimum atomic E-state index is 0.677. The van der Waals surface area contributed by atoms with Crippen LogP contribution >= 0.6 is 0 Å². The van der Waals surface area contributed by atoms with E-state index in [2.05, 4.69) is 11.9 Å². The fourth-order valence-electron chi connectivity index (χ4n) is 2.62. The molecule has 11 heavy (non-hydrogen) atoms. The minimum absolute atomic E-state index is 0.677. The van der Waals surface area contributed by atoms with E-state index in [4.69, 9.17) is 0 Å². The topological polar surface area (TPSA) is 3.24 Å². The van der Waals surface area contributed by atoms with Crippen molar-refractivity contribution in [2.75, 3.05) is 13.6 Å². The zero-order valence-electron chi connectivity index (χ0n) is 7.60. The van der Waals surface area contributed by atoms with Gasteiger partial charge in [0.15, 0.2) is 0 Å². The van der Waals surface area contributed by atoms with Crippen molar-refractivity contribution in [1.82, 2.24) is 4.90 Å². The van der Waals surface area contributed by atoms with Crippen LogP contribution in [0.4, 0.5) is 0 Å². The molecule has 0 aromatic rings. The third-order valence-corrected chi connectivity index (χ3v) is 3.73. The lowest BCUT2D eigenvalue weighted by molar-refractivity contribution is 0.0387. The lowest BCUT2D eigenvalue weighted by Gasteiger charge is -2.48. The van der Waals surface area contributed by atoms with Crippen LogP contribution in [0.5, 0.6) is 0 Å². The molecule has 2 aliphatic rings. The van der Waals surface area contributed by atoms with Gasteiger partial charge in [0.05, 0.1) is 0 Å². The molecule has 0 N–H and O–H groups in total. The molecule has 2 rings (SSSR count). The smallest absolute Gasteiger partial charge is 0.0206 e. The van der Waals surface area contributed by atoms with Crippen LogP contribution in [0.3, 0.4) is 0 Å². The molecule has 0 atom stereocenters. The van der Waals surface area contributed by atoms with Gasteiger partial charge in [0.1, 0.15) is 0 Å². The van der Waals surface area contributed by atoms with Crippen LogP contribution in [0.25, 0.3) is 0 Å². The summed E-state index contributed by atoms with van der Waals surface area (Å²) in [5.41, 5.74) is 0.677. The highest BCUT2D eigenvalue weighted by Crippen LogP contribution is 2.42. The van der Waals surface area contributed by atoms with Gasteiger partial charge in [-0.3, -0.25) is 0 Å². The first kappa shape index (κ1) is 7.60. The summed E-state index contributed by atoms with van der Waals surface area (Å²) >= 11 is 0. The Hall–Kier alpha value is -0.0400. The van der Waals surface area contributed by atoms with E-state index < -0.39 is 0 Å². The Balaban J connectivity index is 2.03. The second-order valence-corrected chi connectivity index (χ2v) is 4.31. The molecule has 0 aromatic carbocycles. The number of likely N-dealkylation sites (tertiary alicyclic amines) is 1. The molecule has 1 aliphatic heterocycles. The van der Waals surface area contributed by atoms with E-state index in [1.165, 1.54) is 51.5 Å². The molecule has 1 saturated heterocycles. The summed E-state index contributed by atoms with van der Waals surface area (Å²) in [4.78, 5) is 2.63. The van der Waals surface area contributed by atoms with Crippen LogP contribution in [0.1, 0.15) is 44.9 Å². The van der Waals surface area contributed by atoms with Gasteiger partial charge in [-0.25, -0.2) is 0 Å². The molecule has 0 bridgehead atoms. The third kappa shape index (κ3) is 1.20. The average Bonchev–Trinajstić information content (AvgIpc) is 2.09. The van der Waals surface area contributed by atoms with Gasteiger partial charge in [0.25, 0.3) is 0 Å². The van der Waals surface area contributed by atoms with Crippen LogP contribution in [0, 0.1) is 0 Å². The summed E-state index contributed by atoms with van der Waals surface area (Å²) in [5.74, 6) is 0. The first-order chi connectivity index (χ1) is 5.33. The molecule has 1 spiro atoms. The largest absolute Gasteiger partial charge is 0.301 e. The summed E-state index contributed by atoms with van der Waals surface area (Å²) in [6.45, 7) is 1.35. The van der Waals surface area contributed by atoms with Crippen LogP contribution in [0.2, 0.25) is 0 Å². The van der Waals surface area contributed by atoms with Crippen LogP contribution in [-0.2, 0) is 0 Å². The second-order valence-electron chi connectivity index (χ2n) is 4.31. The Morgan fingerprint density at radius 3 is 2.27 bits per heavy atom. The zero-order valence-corrected chi connectivity index (χ0v) is 7.60. The van der Waals surface area contributed by atoms with Crippen molar-refractivity contribution in [3.8, 4) is 0 Å². The maximum absolute atomic E-state index is 2.63. The predicted octanol–water partition coefficient (Wildman–Crippen LogP) is 2.41. The number of rotatable bonds is 0. The number of hydrogen-bond donors (Lipinski definition) is 0. The fourth-order valence-corrected chi connectivity index (χ4v) is 2.62. The van der Waals surface area contributed by atoms with E-state index in [1.807, 2.05) is 0 Å². The van der Waals surface area contributed by atoms with Crippen molar-refractivity contribution < 1.29 is 0 Å². The molecule has 0 aromatic heterocycles. The lowest BCUT2D eigenvalue weighted by Crippen LogP contribution is -2.51.